The highest BCUT2D eigenvalue weighted by atomic mass is 19.1. The molecular weight excluding hydrogens is 443 g/mol. The van der Waals surface area contributed by atoms with Crippen molar-refractivity contribution in [2.75, 3.05) is 31.1 Å². The van der Waals surface area contributed by atoms with Crippen molar-refractivity contribution < 1.29 is 9.18 Å². The largest absolute Gasteiger partial charge is 0.368 e. The smallest absolute Gasteiger partial charge is 0.234 e. The third kappa shape index (κ3) is 3.84. The molecule has 1 saturated heterocycles. The van der Waals surface area contributed by atoms with Crippen LogP contribution >= 0.6 is 0 Å². The van der Waals surface area contributed by atoms with Gasteiger partial charge < -0.3 is 9.80 Å². The van der Waals surface area contributed by atoms with Crippen molar-refractivity contribution in [3.63, 3.8) is 0 Å². The van der Waals surface area contributed by atoms with Gasteiger partial charge in [0.1, 0.15) is 11.7 Å². The number of aliphatic imine (C=N–C) groups is 1. The Labute approximate surface area is 202 Å². The highest BCUT2D eigenvalue weighted by molar-refractivity contribution is 6.05. The molecule has 6 rings (SSSR count). The molecule has 2 aliphatic heterocycles. The second-order valence-electron chi connectivity index (χ2n) is 9.06. The highest BCUT2D eigenvalue weighted by Crippen LogP contribution is 2.37. The molecule has 0 aliphatic carbocycles. The molecule has 0 N–H and O–H groups in total. The van der Waals surface area contributed by atoms with E-state index in [-0.39, 0.29) is 17.8 Å². The molecule has 2 atom stereocenters. The van der Waals surface area contributed by atoms with E-state index in [1.54, 1.807) is 18.3 Å². The number of halogens is 1. The van der Waals surface area contributed by atoms with Crippen molar-refractivity contribution in [3.05, 3.63) is 84.4 Å². The first-order valence-electron chi connectivity index (χ1n) is 11.8. The van der Waals surface area contributed by atoms with Crippen molar-refractivity contribution in [1.29, 1.82) is 0 Å². The summed E-state index contributed by atoms with van der Waals surface area (Å²) in [6.07, 6.45) is 3.58. The van der Waals surface area contributed by atoms with Gasteiger partial charge in [0.05, 0.1) is 17.8 Å². The normalized spacial score (nSPS) is 20.0. The van der Waals surface area contributed by atoms with E-state index in [4.69, 9.17) is 4.99 Å². The van der Waals surface area contributed by atoms with Gasteiger partial charge in [-0.1, -0.05) is 18.2 Å². The number of carbonyl (C=O) groups is 1. The van der Waals surface area contributed by atoms with Crippen LogP contribution in [0.4, 0.5) is 15.9 Å². The monoisotopic (exact) mass is 468 g/mol. The molecule has 0 spiro atoms. The summed E-state index contributed by atoms with van der Waals surface area (Å²) in [5.41, 5.74) is 3.60. The van der Waals surface area contributed by atoms with E-state index in [2.05, 4.69) is 21.0 Å². The number of pyridine rings is 1. The number of benzene rings is 2. The number of fused-ring (bicyclic) bond motifs is 2. The summed E-state index contributed by atoms with van der Waals surface area (Å²) < 4.78 is 15.2. The van der Waals surface area contributed by atoms with Crippen molar-refractivity contribution in [3.8, 4) is 0 Å². The first kappa shape index (κ1) is 21.5. The van der Waals surface area contributed by atoms with Gasteiger partial charge in [0.2, 0.25) is 5.91 Å². The Hall–Kier alpha value is -4.07. The second kappa shape index (κ2) is 8.61. The van der Waals surface area contributed by atoms with Gasteiger partial charge >= 0.3 is 0 Å². The second-order valence-corrected chi connectivity index (χ2v) is 9.06. The van der Waals surface area contributed by atoms with Gasteiger partial charge in [0.15, 0.2) is 5.82 Å². The zero-order valence-electron chi connectivity index (χ0n) is 19.4. The average Bonchev–Trinajstić information content (AvgIpc) is 3.36. The number of para-hydroxylation sites is 1. The number of hydrogen-bond donors (Lipinski definition) is 0. The Morgan fingerprint density at radius 1 is 1.00 bits per heavy atom. The molecule has 1 fully saturated rings. The Bertz CT molecular complexity index is 1420. The lowest BCUT2D eigenvalue weighted by Crippen LogP contribution is -2.53. The van der Waals surface area contributed by atoms with E-state index in [9.17, 15) is 9.18 Å². The number of anilines is 1. The van der Waals surface area contributed by atoms with Gasteiger partial charge in [0, 0.05) is 55.2 Å². The minimum atomic E-state index is -0.470. The van der Waals surface area contributed by atoms with Crippen LogP contribution in [-0.4, -0.2) is 57.5 Å². The van der Waals surface area contributed by atoms with Crippen LogP contribution < -0.4 is 4.90 Å². The third-order valence-electron chi connectivity index (χ3n) is 6.97. The van der Waals surface area contributed by atoms with Crippen molar-refractivity contribution in [2.24, 2.45) is 10.9 Å². The standard InChI is InChI=1S/C27H25FN6O/c1-18-25(27(35)33-14-12-32(13-15-33)22-8-6-21(28)7-9-22)26(34-24(31-18)10-11-30-34)20-16-19-4-2-3-5-23(19)29-17-20/h2-11,16-17,25-26H,12-15H2,1H3. The number of carbonyl (C=O) groups excluding carboxylic acids is 1. The van der Waals surface area contributed by atoms with Crippen LogP contribution in [0.15, 0.2) is 78.0 Å². The summed E-state index contributed by atoms with van der Waals surface area (Å²) in [5.74, 6) is 0.0692. The summed E-state index contributed by atoms with van der Waals surface area (Å²) in [6, 6.07) is 18.1. The quantitative estimate of drug-likeness (QED) is 0.451. The Kier molecular flexibility index (Phi) is 5.28. The molecule has 35 heavy (non-hydrogen) atoms. The van der Waals surface area contributed by atoms with Crippen LogP contribution in [0, 0.1) is 11.7 Å². The number of aromatic nitrogens is 3. The molecular formula is C27H25FN6O. The van der Waals surface area contributed by atoms with Crippen LogP contribution in [-0.2, 0) is 4.79 Å². The summed E-state index contributed by atoms with van der Waals surface area (Å²) >= 11 is 0. The van der Waals surface area contributed by atoms with Crippen molar-refractivity contribution in [1.82, 2.24) is 19.7 Å². The topological polar surface area (TPSA) is 66.6 Å². The Balaban J connectivity index is 1.30. The average molecular weight is 469 g/mol. The van der Waals surface area contributed by atoms with E-state index >= 15 is 0 Å². The van der Waals surface area contributed by atoms with Gasteiger partial charge in [-0.25, -0.2) is 14.1 Å². The molecule has 7 nitrogen and oxygen atoms in total. The number of rotatable bonds is 3. The van der Waals surface area contributed by atoms with Gasteiger partial charge in [-0.05, 0) is 48.9 Å². The maximum Gasteiger partial charge on any atom is 0.234 e. The maximum atomic E-state index is 13.9. The van der Waals surface area contributed by atoms with E-state index < -0.39 is 5.92 Å². The molecule has 0 saturated carbocycles. The molecule has 176 valence electrons. The van der Waals surface area contributed by atoms with Crippen LogP contribution in [0.25, 0.3) is 10.9 Å². The number of hydrogen-bond acceptors (Lipinski definition) is 5. The molecule has 8 heteroatoms. The van der Waals surface area contributed by atoms with Gasteiger partial charge in [0.25, 0.3) is 0 Å². The van der Waals surface area contributed by atoms with E-state index in [1.165, 1.54) is 12.1 Å². The molecule has 2 unspecified atom stereocenters. The highest BCUT2D eigenvalue weighted by Gasteiger charge is 2.41. The third-order valence-corrected chi connectivity index (χ3v) is 6.97. The Morgan fingerprint density at radius 3 is 2.57 bits per heavy atom. The van der Waals surface area contributed by atoms with Gasteiger partial charge in [-0.3, -0.25) is 9.78 Å². The van der Waals surface area contributed by atoms with E-state index in [0.717, 1.165) is 33.7 Å². The summed E-state index contributed by atoms with van der Waals surface area (Å²) in [5, 5.41) is 5.56. The molecule has 0 radical (unpaired) electrons. The first-order chi connectivity index (χ1) is 17.1. The first-order valence-corrected chi connectivity index (χ1v) is 11.8. The van der Waals surface area contributed by atoms with Gasteiger partial charge in [-0.2, -0.15) is 5.10 Å². The molecule has 1 amide bonds. The predicted octanol–water partition coefficient (Wildman–Crippen LogP) is 4.23. The van der Waals surface area contributed by atoms with Gasteiger partial charge in [-0.15, -0.1) is 0 Å². The minimum absolute atomic E-state index is 0.0457. The molecule has 2 aromatic carbocycles. The summed E-state index contributed by atoms with van der Waals surface area (Å²) in [6.45, 7) is 4.49. The number of piperazine rings is 1. The summed E-state index contributed by atoms with van der Waals surface area (Å²) in [4.78, 5) is 27.4. The van der Waals surface area contributed by atoms with Crippen LogP contribution in [0.3, 0.4) is 0 Å². The van der Waals surface area contributed by atoms with Crippen LogP contribution in [0.1, 0.15) is 18.5 Å². The lowest BCUT2D eigenvalue weighted by Gasteiger charge is -2.40. The predicted molar refractivity (Wildman–Crippen MR) is 134 cm³/mol. The van der Waals surface area contributed by atoms with Crippen molar-refractivity contribution >= 4 is 34.0 Å². The zero-order valence-corrected chi connectivity index (χ0v) is 19.4. The fourth-order valence-corrected chi connectivity index (χ4v) is 5.16. The zero-order chi connectivity index (χ0) is 23.9. The lowest BCUT2D eigenvalue weighted by atomic mass is 9.87. The molecule has 4 aromatic rings. The van der Waals surface area contributed by atoms with E-state index in [1.807, 2.05) is 53.0 Å². The molecule has 2 aromatic heterocycles. The van der Waals surface area contributed by atoms with Crippen LogP contribution in [0.5, 0.6) is 0 Å². The van der Waals surface area contributed by atoms with Crippen LogP contribution in [0.2, 0.25) is 0 Å². The number of nitrogens with zero attached hydrogens (tertiary/aromatic N) is 6. The SMILES string of the molecule is CC1=Nc2ccnn2C(c2cnc3ccccc3c2)C1C(=O)N1CCN(c2ccc(F)cc2)CC1. The van der Waals surface area contributed by atoms with Crippen molar-refractivity contribution in [2.45, 2.75) is 13.0 Å². The fraction of sp³-hybridized carbons (Fsp3) is 0.259. The molecule has 4 heterocycles. The van der Waals surface area contributed by atoms with E-state index in [0.29, 0.717) is 26.2 Å². The molecule has 0 bridgehead atoms. The summed E-state index contributed by atoms with van der Waals surface area (Å²) in [7, 11) is 0. The lowest BCUT2D eigenvalue weighted by molar-refractivity contribution is -0.134. The minimum Gasteiger partial charge on any atom is -0.368 e. The number of amides is 1. The fourth-order valence-electron chi connectivity index (χ4n) is 5.16. The maximum absolute atomic E-state index is 13.9. The Morgan fingerprint density at radius 2 is 1.77 bits per heavy atom. The molecule has 2 aliphatic rings.